The van der Waals surface area contributed by atoms with Gasteiger partial charge in [0.1, 0.15) is 6.04 Å². The van der Waals surface area contributed by atoms with Crippen molar-refractivity contribution in [1.82, 2.24) is 15.1 Å². The second kappa shape index (κ2) is 10.5. The number of rotatable bonds is 7. The Kier molecular flexibility index (Phi) is 7.98. The van der Waals surface area contributed by atoms with Crippen LogP contribution in [0.4, 0.5) is 0 Å². The molecule has 1 N–H and O–H groups in total. The minimum absolute atomic E-state index is 0.136. The minimum Gasteiger partial charge on any atom is -0.350 e. The number of nitrogens with zero attached hydrogens (tertiary/aromatic N) is 2. The van der Waals surface area contributed by atoms with Crippen LogP contribution in [0.1, 0.15) is 48.2 Å². The molecule has 1 heterocycles. The fourth-order valence-electron chi connectivity index (χ4n) is 3.67. The normalized spacial score (nSPS) is 16.2. The molecule has 0 bridgehead atoms. The summed E-state index contributed by atoms with van der Waals surface area (Å²) in [6.07, 6.45) is 1.43. The Morgan fingerprint density at radius 3 is 2.32 bits per heavy atom. The molecule has 0 radical (unpaired) electrons. The Hall–Kier alpha value is -2.08. The Morgan fingerprint density at radius 2 is 1.71 bits per heavy atom. The van der Waals surface area contributed by atoms with Gasteiger partial charge in [0.25, 0.3) is 5.91 Å². The first-order valence-corrected chi connectivity index (χ1v) is 11.3. The van der Waals surface area contributed by atoms with Crippen molar-refractivity contribution in [2.45, 2.75) is 51.9 Å². The molecule has 166 valence electrons. The number of likely N-dealkylation sites (tertiary alicyclic amines) is 1. The molecule has 2 aromatic carbocycles. The van der Waals surface area contributed by atoms with E-state index < -0.39 is 6.04 Å². The van der Waals surface area contributed by atoms with Gasteiger partial charge in [-0.2, -0.15) is 0 Å². The van der Waals surface area contributed by atoms with E-state index in [1.807, 2.05) is 12.1 Å². The number of amides is 2. The summed E-state index contributed by atoms with van der Waals surface area (Å²) in [5.74, 6) is -0.358. The summed E-state index contributed by atoms with van der Waals surface area (Å²) in [6, 6.07) is 13.0. The molecule has 0 aliphatic carbocycles. The highest BCUT2D eigenvalue weighted by Gasteiger charge is 2.34. The number of benzene rings is 2. The lowest BCUT2D eigenvalue weighted by Gasteiger charge is -2.24. The molecule has 1 fully saturated rings. The van der Waals surface area contributed by atoms with Crippen LogP contribution in [0.3, 0.4) is 0 Å². The number of hydrogen-bond acceptors (Lipinski definition) is 3. The third-order valence-electron chi connectivity index (χ3n) is 5.73. The van der Waals surface area contributed by atoms with E-state index in [1.54, 1.807) is 23.1 Å². The lowest BCUT2D eigenvalue weighted by atomic mass is 10.1. The first kappa shape index (κ1) is 23.6. The zero-order valence-electron chi connectivity index (χ0n) is 18.2. The van der Waals surface area contributed by atoms with Gasteiger partial charge < -0.3 is 10.2 Å². The van der Waals surface area contributed by atoms with E-state index in [-0.39, 0.29) is 11.8 Å². The van der Waals surface area contributed by atoms with E-state index in [2.05, 4.69) is 43.2 Å². The molecule has 0 unspecified atom stereocenters. The van der Waals surface area contributed by atoms with E-state index in [1.165, 1.54) is 5.56 Å². The number of carbonyl (C=O) groups excluding carboxylic acids is 2. The lowest BCUT2D eigenvalue weighted by Crippen LogP contribution is -2.45. The van der Waals surface area contributed by atoms with Crippen molar-refractivity contribution >= 4 is 35.0 Å². The molecule has 2 amide bonds. The molecule has 31 heavy (non-hydrogen) atoms. The molecular formula is C24H29Cl2N3O2. The van der Waals surface area contributed by atoms with Crippen LogP contribution in [0, 0.1) is 0 Å². The first-order valence-electron chi connectivity index (χ1n) is 10.6. The number of halogens is 2. The van der Waals surface area contributed by atoms with Crippen molar-refractivity contribution in [3.8, 4) is 0 Å². The summed E-state index contributed by atoms with van der Waals surface area (Å²) >= 11 is 12.1. The number of nitrogens with one attached hydrogen (secondary N) is 1. The second-order valence-electron chi connectivity index (χ2n) is 8.36. The lowest BCUT2D eigenvalue weighted by molar-refractivity contribution is -0.125. The van der Waals surface area contributed by atoms with Crippen LogP contribution in [0.5, 0.6) is 0 Å². The van der Waals surface area contributed by atoms with Gasteiger partial charge in [-0.25, -0.2) is 0 Å². The van der Waals surface area contributed by atoms with Gasteiger partial charge in [0, 0.05) is 41.3 Å². The topological polar surface area (TPSA) is 52.7 Å². The predicted octanol–water partition coefficient (Wildman–Crippen LogP) is 4.75. The van der Waals surface area contributed by atoms with Crippen molar-refractivity contribution in [1.29, 1.82) is 0 Å². The van der Waals surface area contributed by atoms with Gasteiger partial charge in [-0.15, -0.1) is 0 Å². The van der Waals surface area contributed by atoms with E-state index in [0.717, 1.165) is 18.5 Å². The van der Waals surface area contributed by atoms with Gasteiger partial charge in [-0.05, 0) is 63.1 Å². The summed E-state index contributed by atoms with van der Waals surface area (Å²) in [4.78, 5) is 29.6. The Bertz CT molecular complexity index is 911. The number of carbonyl (C=O) groups is 2. The summed E-state index contributed by atoms with van der Waals surface area (Å²) in [5, 5.41) is 3.79. The first-order chi connectivity index (χ1) is 14.7. The third-order valence-corrected chi connectivity index (χ3v) is 6.17. The van der Waals surface area contributed by atoms with Gasteiger partial charge in [0.05, 0.1) is 0 Å². The van der Waals surface area contributed by atoms with E-state index in [0.29, 0.717) is 41.2 Å². The van der Waals surface area contributed by atoms with Crippen molar-refractivity contribution in [2.75, 3.05) is 13.6 Å². The maximum atomic E-state index is 12.9. The Morgan fingerprint density at radius 1 is 1.10 bits per heavy atom. The van der Waals surface area contributed by atoms with Crippen molar-refractivity contribution in [3.63, 3.8) is 0 Å². The van der Waals surface area contributed by atoms with Crippen LogP contribution >= 0.6 is 23.2 Å². The molecule has 7 heteroatoms. The highest BCUT2D eigenvalue weighted by molar-refractivity contribution is 6.35. The van der Waals surface area contributed by atoms with Crippen LogP contribution in [-0.2, 0) is 17.9 Å². The average molecular weight is 462 g/mol. The SMILES string of the molecule is CC(C)N(C)Cc1ccc(CNC(=O)[C@H]2CCCN2C(=O)c2cc(Cl)cc(Cl)c2)cc1. The zero-order valence-corrected chi connectivity index (χ0v) is 19.7. The maximum absolute atomic E-state index is 12.9. The van der Waals surface area contributed by atoms with Crippen LogP contribution in [0.25, 0.3) is 0 Å². The molecular weight excluding hydrogens is 433 g/mol. The predicted molar refractivity (Wildman–Crippen MR) is 125 cm³/mol. The van der Waals surface area contributed by atoms with Gasteiger partial charge in [-0.3, -0.25) is 14.5 Å². The van der Waals surface area contributed by atoms with Gasteiger partial charge in [-0.1, -0.05) is 47.5 Å². The quantitative estimate of drug-likeness (QED) is 0.646. The average Bonchev–Trinajstić information content (AvgIpc) is 3.21. The fraction of sp³-hybridized carbons (Fsp3) is 0.417. The zero-order chi connectivity index (χ0) is 22.5. The van der Waals surface area contributed by atoms with Gasteiger partial charge in [0.2, 0.25) is 5.91 Å². The molecule has 1 aliphatic heterocycles. The molecule has 0 spiro atoms. The minimum atomic E-state index is -0.482. The smallest absolute Gasteiger partial charge is 0.254 e. The summed E-state index contributed by atoms with van der Waals surface area (Å²) < 4.78 is 0. The largest absolute Gasteiger partial charge is 0.350 e. The van der Waals surface area contributed by atoms with Crippen molar-refractivity contribution in [2.24, 2.45) is 0 Å². The third kappa shape index (κ3) is 6.22. The highest BCUT2D eigenvalue weighted by Crippen LogP contribution is 2.24. The molecule has 3 rings (SSSR count). The van der Waals surface area contributed by atoms with Crippen LogP contribution < -0.4 is 5.32 Å². The highest BCUT2D eigenvalue weighted by atomic mass is 35.5. The molecule has 1 saturated heterocycles. The Balaban J connectivity index is 1.59. The Labute approximate surface area is 194 Å². The van der Waals surface area contributed by atoms with Crippen LogP contribution in [0.2, 0.25) is 10.0 Å². The van der Waals surface area contributed by atoms with E-state index in [9.17, 15) is 9.59 Å². The van der Waals surface area contributed by atoms with Gasteiger partial charge >= 0.3 is 0 Å². The molecule has 5 nitrogen and oxygen atoms in total. The van der Waals surface area contributed by atoms with Crippen molar-refractivity contribution in [3.05, 3.63) is 69.2 Å². The summed E-state index contributed by atoms with van der Waals surface area (Å²) in [5.41, 5.74) is 2.67. The molecule has 0 saturated carbocycles. The van der Waals surface area contributed by atoms with E-state index in [4.69, 9.17) is 23.2 Å². The summed E-state index contributed by atoms with van der Waals surface area (Å²) in [7, 11) is 2.10. The molecule has 1 atom stereocenters. The second-order valence-corrected chi connectivity index (χ2v) is 9.23. The number of hydrogen-bond donors (Lipinski definition) is 1. The molecule has 1 aliphatic rings. The molecule has 2 aromatic rings. The summed E-state index contributed by atoms with van der Waals surface area (Å²) in [6.45, 7) is 6.20. The van der Waals surface area contributed by atoms with Crippen molar-refractivity contribution < 1.29 is 9.59 Å². The van der Waals surface area contributed by atoms with E-state index >= 15 is 0 Å². The van der Waals surface area contributed by atoms with Crippen LogP contribution in [-0.4, -0.2) is 47.3 Å². The van der Waals surface area contributed by atoms with Crippen LogP contribution in [0.15, 0.2) is 42.5 Å². The molecule has 0 aromatic heterocycles. The van der Waals surface area contributed by atoms with Gasteiger partial charge in [0.15, 0.2) is 0 Å². The monoisotopic (exact) mass is 461 g/mol. The maximum Gasteiger partial charge on any atom is 0.254 e. The fourth-order valence-corrected chi connectivity index (χ4v) is 4.19. The standard InChI is InChI=1S/C24H29Cl2N3O2/c1-16(2)28(3)15-18-8-6-17(7-9-18)14-27-23(30)22-5-4-10-29(22)24(31)19-11-20(25)13-21(26)12-19/h6-9,11-13,16,22H,4-5,10,14-15H2,1-3H3,(H,27,30)/t22-/m1/s1.